The molecule has 1 heterocycles. The Hall–Kier alpha value is -1.98. The largest absolute Gasteiger partial charge is 0.457 e. The zero-order chi connectivity index (χ0) is 16.1. The van der Waals surface area contributed by atoms with Gasteiger partial charge in [-0.2, -0.15) is 0 Å². The number of hydrogen-bond acceptors (Lipinski definition) is 4. The lowest BCUT2D eigenvalue weighted by molar-refractivity contribution is -0.122. The molecular weight excluding hydrogens is 308 g/mol. The highest BCUT2D eigenvalue weighted by atomic mass is 32.2. The second-order valence-electron chi connectivity index (χ2n) is 5.52. The third kappa shape index (κ3) is 4.27. The Bertz CT molecular complexity index is 684. The van der Waals surface area contributed by atoms with Crippen molar-refractivity contribution in [3.8, 4) is 11.5 Å². The Balaban J connectivity index is 1.66. The molecule has 1 aliphatic heterocycles. The maximum atomic E-state index is 12.1. The number of para-hydroxylation sites is 1. The number of carbonyl (C=O) groups excluding carboxylic acids is 1. The van der Waals surface area contributed by atoms with Gasteiger partial charge in [0.15, 0.2) is 0 Å². The zero-order valence-corrected chi connectivity index (χ0v) is 13.9. The molecule has 1 fully saturated rings. The van der Waals surface area contributed by atoms with Crippen LogP contribution < -0.4 is 15.4 Å². The Morgan fingerprint density at radius 2 is 2.17 bits per heavy atom. The number of ether oxygens (including phenoxy) is 1. The summed E-state index contributed by atoms with van der Waals surface area (Å²) >= 11 is 1.74. The maximum Gasteiger partial charge on any atom is 0.238 e. The number of carbonyl (C=O) groups is 1. The van der Waals surface area contributed by atoms with Gasteiger partial charge in [0.05, 0.1) is 6.04 Å². The summed E-state index contributed by atoms with van der Waals surface area (Å²) in [6.45, 7) is 2.50. The van der Waals surface area contributed by atoms with Crippen LogP contribution in [0.15, 0.2) is 48.5 Å². The summed E-state index contributed by atoms with van der Waals surface area (Å²) in [5.74, 6) is 3.28. The van der Waals surface area contributed by atoms with Crippen LogP contribution in [0.2, 0.25) is 0 Å². The van der Waals surface area contributed by atoms with Crippen LogP contribution in [0.1, 0.15) is 11.1 Å². The SMILES string of the molecule is Cc1cccc(Oc2ccccc2CNC(=O)C2CSCN2)c1. The van der Waals surface area contributed by atoms with E-state index in [0.717, 1.165) is 34.3 Å². The number of hydrogen-bond donors (Lipinski definition) is 2. The van der Waals surface area contributed by atoms with Crippen molar-refractivity contribution in [2.45, 2.75) is 19.5 Å². The van der Waals surface area contributed by atoms with Crippen LogP contribution in [0.25, 0.3) is 0 Å². The predicted molar refractivity (Wildman–Crippen MR) is 93.8 cm³/mol. The van der Waals surface area contributed by atoms with Crippen molar-refractivity contribution in [1.29, 1.82) is 0 Å². The van der Waals surface area contributed by atoms with Crippen molar-refractivity contribution in [2.24, 2.45) is 0 Å². The quantitative estimate of drug-likeness (QED) is 0.886. The standard InChI is InChI=1S/C18H20N2O2S/c1-13-5-4-7-15(9-13)22-17-8-3-2-6-14(17)10-19-18(21)16-11-23-12-20-16/h2-9,16,20H,10-12H2,1H3,(H,19,21). The van der Waals surface area contributed by atoms with Gasteiger partial charge in [-0.15, -0.1) is 11.8 Å². The first-order chi connectivity index (χ1) is 11.2. The van der Waals surface area contributed by atoms with Crippen LogP contribution in [-0.2, 0) is 11.3 Å². The molecule has 2 aromatic rings. The number of nitrogens with one attached hydrogen (secondary N) is 2. The second-order valence-corrected chi connectivity index (χ2v) is 6.55. The third-order valence-electron chi connectivity index (χ3n) is 3.68. The third-order valence-corrected chi connectivity index (χ3v) is 4.62. The topological polar surface area (TPSA) is 50.4 Å². The van der Waals surface area contributed by atoms with E-state index in [4.69, 9.17) is 4.74 Å². The smallest absolute Gasteiger partial charge is 0.238 e. The van der Waals surface area contributed by atoms with E-state index < -0.39 is 0 Å². The summed E-state index contributed by atoms with van der Waals surface area (Å²) < 4.78 is 5.98. The normalized spacial score (nSPS) is 17.0. The van der Waals surface area contributed by atoms with Crippen LogP contribution in [-0.4, -0.2) is 23.6 Å². The average Bonchev–Trinajstić information content (AvgIpc) is 3.08. The fourth-order valence-electron chi connectivity index (χ4n) is 2.42. The number of thioether (sulfide) groups is 1. The first-order valence-electron chi connectivity index (χ1n) is 7.63. The Morgan fingerprint density at radius 3 is 2.96 bits per heavy atom. The Kier molecular flexibility index (Phi) is 5.20. The highest BCUT2D eigenvalue weighted by molar-refractivity contribution is 7.99. The summed E-state index contributed by atoms with van der Waals surface area (Å²) in [7, 11) is 0. The van der Waals surface area contributed by atoms with Gasteiger partial charge in [-0.1, -0.05) is 30.3 Å². The lowest BCUT2D eigenvalue weighted by atomic mass is 10.2. The molecule has 0 saturated carbocycles. The maximum absolute atomic E-state index is 12.1. The van der Waals surface area contributed by atoms with E-state index in [-0.39, 0.29) is 11.9 Å². The fraction of sp³-hybridized carbons (Fsp3) is 0.278. The highest BCUT2D eigenvalue weighted by Crippen LogP contribution is 2.25. The van der Waals surface area contributed by atoms with Crippen molar-refractivity contribution in [2.75, 3.05) is 11.6 Å². The van der Waals surface area contributed by atoms with Gasteiger partial charge in [0, 0.05) is 23.7 Å². The van der Waals surface area contributed by atoms with Crippen LogP contribution in [0, 0.1) is 6.92 Å². The van der Waals surface area contributed by atoms with Gasteiger partial charge in [-0.3, -0.25) is 10.1 Å². The molecule has 1 unspecified atom stereocenters. The molecule has 1 aliphatic rings. The van der Waals surface area contributed by atoms with Crippen LogP contribution in [0.5, 0.6) is 11.5 Å². The zero-order valence-electron chi connectivity index (χ0n) is 13.0. The molecule has 23 heavy (non-hydrogen) atoms. The molecule has 5 heteroatoms. The predicted octanol–water partition coefficient (Wildman–Crippen LogP) is 3.07. The molecule has 0 bridgehead atoms. The Labute approximate surface area is 140 Å². The summed E-state index contributed by atoms with van der Waals surface area (Å²) in [6.07, 6.45) is 0. The summed E-state index contributed by atoms with van der Waals surface area (Å²) in [5, 5.41) is 6.16. The summed E-state index contributed by atoms with van der Waals surface area (Å²) in [5.41, 5.74) is 2.12. The van der Waals surface area contributed by atoms with Crippen LogP contribution >= 0.6 is 11.8 Å². The highest BCUT2D eigenvalue weighted by Gasteiger charge is 2.22. The average molecular weight is 328 g/mol. The minimum atomic E-state index is -0.0927. The van der Waals surface area contributed by atoms with Crippen LogP contribution in [0.4, 0.5) is 0 Å². The van der Waals surface area contributed by atoms with E-state index in [1.165, 1.54) is 0 Å². The van der Waals surface area contributed by atoms with Gasteiger partial charge < -0.3 is 10.1 Å². The Morgan fingerprint density at radius 1 is 1.30 bits per heavy atom. The number of amides is 1. The van der Waals surface area contributed by atoms with E-state index in [9.17, 15) is 4.79 Å². The molecule has 3 rings (SSSR count). The lowest BCUT2D eigenvalue weighted by Gasteiger charge is -2.14. The van der Waals surface area contributed by atoms with E-state index in [1.807, 2.05) is 55.5 Å². The molecule has 0 aliphatic carbocycles. The van der Waals surface area contributed by atoms with Gasteiger partial charge in [0.2, 0.25) is 5.91 Å². The van der Waals surface area contributed by atoms with Gasteiger partial charge >= 0.3 is 0 Å². The van der Waals surface area contributed by atoms with Crippen molar-refractivity contribution in [3.05, 3.63) is 59.7 Å². The van der Waals surface area contributed by atoms with E-state index in [1.54, 1.807) is 11.8 Å². The molecule has 4 nitrogen and oxygen atoms in total. The van der Waals surface area contributed by atoms with Gasteiger partial charge in [0.1, 0.15) is 11.5 Å². The molecule has 2 aromatic carbocycles. The van der Waals surface area contributed by atoms with Gasteiger partial charge in [0.25, 0.3) is 0 Å². The molecule has 1 amide bonds. The molecular formula is C18H20N2O2S. The summed E-state index contributed by atoms with van der Waals surface area (Å²) in [6, 6.07) is 15.6. The minimum absolute atomic E-state index is 0.0420. The number of rotatable bonds is 5. The fourth-order valence-corrected chi connectivity index (χ4v) is 3.37. The first kappa shape index (κ1) is 15.9. The molecule has 0 radical (unpaired) electrons. The van der Waals surface area contributed by atoms with E-state index in [0.29, 0.717) is 6.54 Å². The van der Waals surface area contributed by atoms with Crippen molar-refractivity contribution >= 4 is 17.7 Å². The van der Waals surface area contributed by atoms with E-state index >= 15 is 0 Å². The molecule has 2 N–H and O–H groups in total. The lowest BCUT2D eigenvalue weighted by Crippen LogP contribution is -2.41. The second kappa shape index (κ2) is 7.53. The molecule has 0 spiro atoms. The van der Waals surface area contributed by atoms with E-state index in [2.05, 4.69) is 10.6 Å². The number of aryl methyl sites for hydroxylation is 1. The monoisotopic (exact) mass is 328 g/mol. The van der Waals surface area contributed by atoms with Crippen molar-refractivity contribution in [1.82, 2.24) is 10.6 Å². The van der Waals surface area contributed by atoms with Gasteiger partial charge in [-0.05, 0) is 30.7 Å². The summed E-state index contributed by atoms with van der Waals surface area (Å²) in [4.78, 5) is 12.1. The molecule has 1 saturated heterocycles. The van der Waals surface area contributed by atoms with Crippen molar-refractivity contribution < 1.29 is 9.53 Å². The van der Waals surface area contributed by atoms with Gasteiger partial charge in [-0.25, -0.2) is 0 Å². The minimum Gasteiger partial charge on any atom is -0.457 e. The van der Waals surface area contributed by atoms with Crippen LogP contribution in [0.3, 0.4) is 0 Å². The molecule has 0 aromatic heterocycles. The van der Waals surface area contributed by atoms with Crippen molar-refractivity contribution in [3.63, 3.8) is 0 Å². The molecule has 1 atom stereocenters. The first-order valence-corrected chi connectivity index (χ1v) is 8.79. The number of benzene rings is 2. The molecule has 120 valence electrons.